The van der Waals surface area contributed by atoms with Crippen molar-refractivity contribution in [2.24, 2.45) is 11.8 Å². The van der Waals surface area contributed by atoms with Crippen molar-refractivity contribution < 1.29 is 14.7 Å². The van der Waals surface area contributed by atoms with Crippen LogP contribution in [0.4, 0.5) is 5.69 Å². The van der Waals surface area contributed by atoms with E-state index in [1.165, 1.54) is 0 Å². The van der Waals surface area contributed by atoms with Crippen molar-refractivity contribution in [1.82, 2.24) is 0 Å². The number of para-hydroxylation sites is 1. The highest BCUT2D eigenvalue weighted by atomic mass is 16.4. The fourth-order valence-electron chi connectivity index (χ4n) is 3.99. The Hall–Kier alpha value is -1.84. The standard InChI is InChI=1S/C17H21NO3/c1-2-13(16(20)21)11-7-8-15(19)17(9-11)10-12-5-3-4-6-14(12)18-17/h3-6,11,13,18H,2,7-10H2,1H3,(H,20,21). The van der Waals surface area contributed by atoms with Crippen molar-refractivity contribution in [3.8, 4) is 0 Å². The summed E-state index contributed by atoms with van der Waals surface area (Å²) in [6.45, 7) is 1.92. The third kappa shape index (κ3) is 2.33. The summed E-state index contributed by atoms with van der Waals surface area (Å²) in [4.78, 5) is 23.9. The first kappa shape index (κ1) is 14.1. The van der Waals surface area contributed by atoms with E-state index in [9.17, 15) is 14.7 Å². The molecular weight excluding hydrogens is 266 g/mol. The number of anilines is 1. The van der Waals surface area contributed by atoms with E-state index >= 15 is 0 Å². The Morgan fingerprint density at radius 1 is 1.48 bits per heavy atom. The summed E-state index contributed by atoms with van der Waals surface area (Å²) in [7, 11) is 0. The Balaban J connectivity index is 1.86. The number of ketones is 1. The lowest BCUT2D eigenvalue weighted by Crippen LogP contribution is -2.51. The maximum absolute atomic E-state index is 12.5. The molecule has 4 heteroatoms. The summed E-state index contributed by atoms with van der Waals surface area (Å²) < 4.78 is 0. The fourth-order valence-corrected chi connectivity index (χ4v) is 3.99. The first-order valence-electron chi connectivity index (χ1n) is 7.68. The van der Waals surface area contributed by atoms with E-state index in [0.717, 1.165) is 11.3 Å². The highest BCUT2D eigenvalue weighted by Gasteiger charge is 2.49. The van der Waals surface area contributed by atoms with Gasteiger partial charge in [0.15, 0.2) is 5.78 Å². The molecule has 0 radical (unpaired) electrons. The lowest BCUT2D eigenvalue weighted by molar-refractivity contribution is -0.145. The maximum atomic E-state index is 12.5. The van der Waals surface area contributed by atoms with Gasteiger partial charge < -0.3 is 10.4 Å². The van der Waals surface area contributed by atoms with Gasteiger partial charge in [0, 0.05) is 18.5 Å². The number of hydrogen-bond donors (Lipinski definition) is 2. The number of aliphatic carboxylic acids is 1. The molecule has 3 unspecified atom stereocenters. The third-order valence-corrected chi connectivity index (χ3v) is 5.10. The highest BCUT2D eigenvalue weighted by molar-refractivity contribution is 5.94. The van der Waals surface area contributed by atoms with Gasteiger partial charge in [-0.15, -0.1) is 0 Å². The zero-order valence-electron chi connectivity index (χ0n) is 12.3. The summed E-state index contributed by atoms with van der Waals surface area (Å²) in [5.41, 5.74) is 1.61. The van der Waals surface area contributed by atoms with Crippen LogP contribution in [-0.2, 0) is 16.0 Å². The molecule has 1 aromatic carbocycles. The molecule has 3 atom stereocenters. The van der Waals surface area contributed by atoms with E-state index in [4.69, 9.17) is 0 Å². The number of Topliss-reactive ketones (excluding diaryl/α,β-unsaturated/α-hetero) is 1. The SMILES string of the molecule is CCC(C(=O)O)C1CCC(=O)C2(Cc3ccccc3N2)C1. The molecule has 0 amide bonds. The topological polar surface area (TPSA) is 66.4 Å². The van der Waals surface area contributed by atoms with Gasteiger partial charge in [0.25, 0.3) is 0 Å². The molecule has 0 saturated heterocycles. The van der Waals surface area contributed by atoms with Crippen LogP contribution in [0.2, 0.25) is 0 Å². The van der Waals surface area contributed by atoms with Gasteiger partial charge in [-0.1, -0.05) is 25.1 Å². The second kappa shape index (κ2) is 5.17. The van der Waals surface area contributed by atoms with E-state index < -0.39 is 11.5 Å². The van der Waals surface area contributed by atoms with Crippen molar-refractivity contribution in [2.45, 2.75) is 44.6 Å². The van der Waals surface area contributed by atoms with Gasteiger partial charge in [-0.2, -0.15) is 0 Å². The molecule has 21 heavy (non-hydrogen) atoms. The molecule has 1 spiro atoms. The van der Waals surface area contributed by atoms with Crippen LogP contribution in [0.1, 0.15) is 38.2 Å². The van der Waals surface area contributed by atoms with Crippen LogP contribution < -0.4 is 5.32 Å². The zero-order valence-corrected chi connectivity index (χ0v) is 12.3. The molecular formula is C17H21NO3. The van der Waals surface area contributed by atoms with E-state index in [1.54, 1.807) is 0 Å². The molecule has 0 bridgehead atoms. The molecule has 4 nitrogen and oxygen atoms in total. The van der Waals surface area contributed by atoms with Crippen molar-refractivity contribution in [3.05, 3.63) is 29.8 Å². The zero-order chi connectivity index (χ0) is 15.0. The lowest BCUT2D eigenvalue weighted by atomic mass is 9.68. The Bertz CT molecular complexity index is 556. The van der Waals surface area contributed by atoms with Gasteiger partial charge in [-0.3, -0.25) is 9.59 Å². The van der Waals surface area contributed by atoms with Gasteiger partial charge in [-0.05, 0) is 36.8 Å². The summed E-state index contributed by atoms with van der Waals surface area (Å²) >= 11 is 0. The van der Waals surface area contributed by atoms with Crippen LogP contribution in [0, 0.1) is 11.8 Å². The van der Waals surface area contributed by atoms with Gasteiger partial charge in [-0.25, -0.2) is 0 Å². The van der Waals surface area contributed by atoms with Crippen LogP contribution in [0.15, 0.2) is 24.3 Å². The number of carboxylic acid groups (broad SMARTS) is 1. The molecule has 1 saturated carbocycles. The van der Waals surface area contributed by atoms with E-state index in [0.29, 0.717) is 32.1 Å². The highest BCUT2D eigenvalue weighted by Crippen LogP contribution is 2.44. The molecule has 1 aromatic rings. The second-order valence-electron chi connectivity index (χ2n) is 6.32. The van der Waals surface area contributed by atoms with Crippen LogP contribution >= 0.6 is 0 Å². The first-order valence-corrected chi connectivity index (χ1v) is 7.68. The van der Waals surface area contributed by atoms with Crippen LogP contribution in [0.3, 0.4) is 0 Å². The lowest BCUT2D eigenvalue weighted by Gasteiger charge is -2.39. The predicted molar refractivity (Wildman–Crippen MR) is 80.3 cm³/mol. The Morgan fingerprint density at radius 2 is 2.24 bits per heavy atom. The number of benzene rings is 1. The predicted octanol–water partition coefficient (Wildman–Crippen LogP) is 2.87. The van der Waals surface area contributed by atoms with Gasteiger partial charge >= 0.3 is 5.97 Å². The maximum Gasteiger partial charge on any atom is 0.306 e. The number of carboxylic acids is 1. The molecule has 1 aliphatic heterocycles. The minimum absolute atomic E-state index is 0.0759. The minimum atomic E-state index is -0.734. The molecule has 1 aliphatic carbocycles. The van der Waals surface area contributed by atoms with Crippen LogP contribution in [-0.4, -0.2) is 22.4 Å². The largest absolute Gasteiger partial charge is 0.481 e. The summed E-state index contributed by atoms with van der Waals surface area (Å²) in [6.07, 6.45) is 3.12. The minimum Gasteiger partial charge on any atom is -0.481 e. The average molecular weight is 287 g/mol. The second-order valence-corrected chi connectivity index (χ2v) is 6.32. The Kier molecular flexibility index (Phi) is 3.47. The van der Waals surface area contributed by atoms with Crippen LogP contribution in [0.25, 0.3) is 0 Å². The Labute approximate surface area is 124 Å². The molecule has 2 N–H and O–H groups in total. The average Bonchev–Trinajstić information content (AvgIpc) is 2.82. The number of hydrogen-bond acceptors (Lipinski definition) is 3. The van der Waals surface area contributed by atoms with E-state index in [2.05, 4.69) is 5.32 Å². The van der Waals surface area contributed by atoms with Gasteiger partial charge in [0.05, 0.1) is 5.92 Å². The van der Waals surface area contributed by atoms with Crippen LogP contribution in [0.5, 0.6) is 0 Å². The summed E-state index contributed by atoms with van der Waals surface area (Å²) in [5.74, 6) is -0.773. The molecule has 0 aromatic heterocycles. The number of nitrogens with one attached hydrogen (secondary N) is 1. The van der Waals surface area contributed by atoms with Gasteiger partial charge in [0.2, 0.25) is 0 Å². The fraction of sp³-hybridized carbons (Fsp3) is 0.529. The Morgan fingerprint density at radius 3 is 2.90 bits per heavy atom. The molecule has 2 aliphatic rings. The number of rotatable bonds is 3. The quantitative estimate of drug-likeness (QED) is 0.897. The number of fused-ring (bicyclic) bond motifs is 1. The van der Waals surface area contributed by atoms with Crippen molar-refractivity contribution in [2.75, 3.05) is 5.32 Å². The first-order chi connectivity index (χ1) is 10.1. The van der Waals surface area contributed by atoms with E-state index in [-0.39, 0.29) is 17.6 Å². The third-order valence-electron chi connectivity index (χ3n) is 5.10. The monoisotopic (exact) mass is 287 g/mol. The smallest absolute Gasteiger partial charge is 0.306 e. The summed E-state index contributed by atoms with van der Waals surface area (Å²) in [5, 5.41) is 12.8. The number of carbonyl (C=O) groups excluding carboxylic acids is 1. The molecule has 1 heterocycles. The summed E-state index contributed by atoms with van der Waals surface area (Å²) in [6, 6.07) is 7.98. The molecule has 112 valence electrons. The van der Waals surface area contributed by atoms with Crippen molar-refractivity contribution in [3.63, 3.8) is 0 Å². The van der Waals surface area contributed by atoms with Gasteiger partial charge in [0.1, 0.15) is 5.54 Å². The molecule has 1 fully saturated rings. The van der Waals surface area contributed by atoms with Crippen molar-refractivity contribution in [1.29, 1.82) is 0 Å². The van der Waals surface area contributed by atoms with Crippen molar-refractivity contribution >= 4 is 17.4 Å². The number of carbonyl (C=O) groups is 2. The molecule has 3 rings (SSSR count). The van der Waals surface area contributed by atoms with E-state index in [1.807, 2.05) is 31.2 Å². The normalized spacial score (nSPS) is 29.0.